The van der Waals surface area contributed by atoms with Crippen molar-refractivity contribution in [1.29, 1.82) is 0 Å². The van der Waals surface area contributed by atoms with E-state index in [0.717, 1.165) is 21.2 Å². The van der Waals surface area contributed by atoms with Crippen molar-refractivity contribution in [3.05, 3.63) is 108 Å². The lowest BCUT2D eigenvalue weighted by Gasteiger charge is -2.15. The number of carbonyl (C=O) groups is 3. The third-order valence-corrected chi connectivity index (χ3v) is 7.07. The maximum Gasteiger partial charge on any atom is 0.247 e. The van der Waals surface area contributed by atoms with E-state index in [-0.39, 0.29) is 24.0 Å². The fourth-order valence-corrected chi connectivity index (χ4v) is 5.27. The number of rotatable bonds is 6. The molecule has 0 bridgehead atoms. The van der Waals surface area contributed by atoms with Gasteiger partial charge in [-0.1, -0.05) is 54.6 Å². The highest BCUT2D eigenvalue weighted by molar-refractivity contribution is 8.00. The highest BCUT2D eigenvalue weighted by atomic mass is 32.2. The summed E-state index contributed by atoms with van der Waals surface area (Å²) in [6.45, 7) is 0. The summed E-state index contributed by atoms with van der Waals surface area (Å²) in [6, 6.07) is 27.8. The van der Waals surface area contributed by atoms with Gasteiger partial charge in [-0.3, -0.25) is 14.4 Å². The number of nitrogen functional groups attached to an aromatic ring is 1. The Morgan fingerprint density at radius 1 is 0.914 bits per heavy atom. The number of nitrogens with zero attached hydrogens (tertiary/aromatic N) is 1. The van der Waals surface area contributed by atoms with Crippen LogP contribution in [0.4, 0.5) is 11.4 Å². The minimum absolute atomic E-state index is 0.118. The Kier molecular flexibility index (Phi) is 6.21. The van der Waals surface area contributed by atoms with Crippen LogP contribution in [0, 0.1) is 0 Å². The van der Waals surface area contributed by atoms with Gasteiger partial charge < -0.3 is 5.73 Å². The highest BCUT2D eigenvalue weighted by Crippen LogP contribution is 2.34. The van der Waals surface area contributed by atoms with Gasteiger partial charge in [-0.2, -0.15) is 0 Å². The molecule has 0 aromatic heterocycles. The Balaban J connectivity index is 1.30. The standard InChI is InChI=1S/C29H22N2O3S/c30-22-8-4-9-24(17-22)35-27-18-28(33)31(29(27)34)23-14-11-21(12-15-23)26(32)16-13-20-7-3-6-19-5-1-2-10-25(19)20/h1-17,27H,18,30H2/b16-13+. The van der Waals surface area contributed by atoms with Crippen molar-refractivity contribution in [2.45, 2.75) is 16.6 Å². The summed E-state index contributed by atoms with van der Waals surface area (Å²) in [6.07, 6.45) is 3.47. The van der Waals surface area contributed by atoms with Crippen LogP contribution in [0.3, 0.4) is 0 Å². The molecule has 4 aromatic rings. The Hall–Kier alpha value is -4.16. The van der Waals surface area contributed by atoms with Crippen LogP contribution in [0.1, 0.15) is 22.3 Å². The molecule has 1 aliphatic heterocycles. The van der Waals surface area contributed by atoms with Crippen LogP contribution in [0.2, 0.25) is 0 Å². The van der Waals surface area contributed by atoms with Gasteiger partial charge in [0.05, 0.1) is 10.9 Å². The summed E-state index contributed by atoms with van der Waals surface area (Å²) in [5.74, 6) is -0.678. The molecule has 1 unspecified atom stereocenters. The first kappa shape index (κ1) is 22.6. The molecule has 1 aliphatic rings. The van der Waals surface area contributed by atoms with Crippen molar-refractivity contribution in [2.75, 3.05) is 10.6 Å². The molecule has 4 aromatic carbocycles. The molecule has 0 spiro atoms. The topological polar surface area (TPSA) is 80.5 Å². The molecule has 1 fully saturated rings. The van der Waals surface area contributed by atoms with Crippen molar-refractivity contribution >= 4 is 57.6 Å². The van der Waals surface area contributed by atoms with E-state index in [9.17, 15) is 14.4 Å². The number of carbonyl (C=O) groups excluding carboxylic acids is 3. The van der Waals surface area contributed by atoms with Gasteiger partial charge in [0.2, 0.25) is 11.8 Å². The number of benzene rings is 4. The number of hydrogen-bond acceptors (Lipinski definition) is 5. The van der Waals surface area contributed by atoms with E-state index in [1.165, 1.54) is 16.7 Å². The van der Waals surface area contributed by atoms with Gasteiger partial charge in [-0.25, -0.2) is 4.90 Å². The molecule has 1 atom stereocenters. The van der Waals surface area contributed by atoms with Crippen LogP contribution in [-0.4, -0.2) is 22.8 Å². The normalized spacial score (nSPS) is 15.9. The van der Waals surface area contributed by atoms with E-state index in [2.05, 4.69) is 0 Å². The van der Waals surface area contributed by atoms with E-state index >= 15 is 0 Å². The molecular weight excluding hydrogens is 456 g/mol. The number of fused-ring (bicyclic) bond motifs is 1. The monoisotopic (exact) mass is 478 g/mol. The third-order valence-electron chi connectivity index (χ3n) is 5.89. The molecule has 1 heterocycles. The summed E-state index contributed by atoms with van der Waals surface area (Å²) in [5, 5.41) is 1.68. The van der Waals surface area contributed by atoms with Crippen LogP contribution in [0.5, 0.6) is 0 Å². The minimum atomic E-state index is -0.505. The van der Waals surface area contributed by atoms with Crippen molar-refractivity contribution in [3.8, 4) is 0 Å². The van der Waals surface area contributed by atoms with Gasteiger partial charge in [0.15, 0.2) is 5.78 Å². The van der Waals surface area contributed by atoms with E-state index in [4.69, 9.17) is 5.73 Å². The lowest BCUT2D eigenvalue weighted by Crippen LogP contribution is -2.31. The zero-order chi connectivity index (χ0) is 24.4. The van der Waals surface area contributed by atoms with Gasteiger partial charge in [-0.15, -0.1) is 11.8 Å². The Morgan fingerprint density at radius 3 is 2.46 bits per heavy atom. The zero-order valence-corrected chi connectivity index (χ0v) is 19.6. The second kappa shape index (κ2) is 9.60. The van der Waals surface area contributed by atoms with Crippen LogP contribution < -0.4 is 10.6 Å². The summed E-state index contributed by atoms with van der Waals surface area (Å²) in [7, 11) is 0. The van der Waals surface area contributed by atoms with Crippen molar-refractivity contribution in [2.24, 2.45) is 0 Å². The number of thioether (sulfide) groups is 1. The SMILES string of the molecule is Nc1cccc(SC2CC(=O)N(c3ccc(C(=O)/C=C/c4cccc5ccccc45)cc3)C2=O)c1. The van der Waals surface area contributed by atoms with E-state index in [1.54, 1.807) is 42.5 Å². The number of imide groups is 1. The maximum atomic E-state index is 13.0. The first-order chi connectivity index (χ1) is 17.0. The lowest BCUT2D eigenvalue weighted by molar-refractivity contribution is -0.121. The molecule has 5 nitrogen and oxygen atoms in total. The average molecular weight is 479 g/mol. The summed E-state index contributed by atoms with van der Waals surface area (Å²) in [5.41, 5.74) is 8.34. The van der Waals surface area contributed by atoms with E-state index < -0.39 is 5.25 Å². The van der Waals surface area contributed by atoms with Crippen molar-refractivity contribution in [1.82, 2.24) is 0 Å². The Labute approximate surface area is 207 Å². The predicted molar refractivity (Wildman–Crippen MR) is 141 cm³/mol. The second-order valence-electron chi connectivity index (χ2n) is 8.26. The lowest BCUT2D eigenvalue weighted by atomic mass is 10.0. The summed E-state index contributed by atoms with van der Waals surface area (Å²) < 4.78 is 0. The fourth-order valence-electron chi connectivity index (χ4n) is 4.15. The minimum Gasteiger partial charge on any atom is -0.399 e. The van der Waals surface area contributed by atoms with Crippen molar-refractivity contribution in [3.63, 3.8) is 0 Å². The predicted octanol–water partition coefficient (Wildman–Crippen LogP) is 5.74. The molecule has 5 rings (SSSR count). The smallest absolute Gasteiger partial charge is 0.247 e. The van der Waals surface area contributed by atoms with E-state index in [1.807, 2.05) is 60.7 Å². The maximum absolute atomic E-state index is 13.0. The van der Waals surface area contributed by atoms with Crippen molar-refractivity contribution < 1.29 is 14.4 Å². The van der Waals surface area contributed by atoms with Gasteiger partial charge in [0, 0.05) is 22.6 Å². The second-order valence-corrected chi connectivity index (χ2v) is 9.54. The molecule has 2 amide bonds. The van der Waals surface area contributed by atoms with Crippen LogP contribution >= 0.6 is 11.8 Å². The van der Waals surface area contributed by atoms with Gasteiger partial charge >= 0.3 is 0 Å². The van der Waals surface area contributed by atoms with Crippen LogP contribution in [-0.2, 0) is 9.59 Å². The number of ketones is 1. The number of nitrogens with two attached hydrogens (primary N) is 1. The highest BCUT2D eigenvalue weighted by Gasteiger charge is 2.40. The van der Waals surface area contributed by atoms with E-state index in [0.29, 0.717) is 16.9 Å². The molecule has 2 N–H and O–H groups in total. The number of amides is 2. The number of allylic oxidation sites excluding steroid dienone is 1. The molecule has 0 saturated carbocycles. The van der Waals surface area contributed by atoms with Crippen LogP contribution in [0.25, 0.3) is 16.8 Å². The quantitative estimate of drug-likeness (QED) is 0.165. The largest absolute Gasteiger partial charge is 0.399 e. The average Bonchev–Trinajstić information content (AvgIpc) is 3.15. The Morgan fingerprint density at radius 2 is 1.66 bits per heavy atom. The fraction of sp³-hybridized carbons (Fsp3) is 0.0690. The molecule has 172 valence electrons. The molecule has 6 heteroatoms. The molecule has 1 saturated heterocycles. The summed E-state index contributed by atoms with van der Waals surface area (Å²) >= 11 is 1.33. The summed E-state index contributed by atoms with van der Waals surface area (Å²) in [4.78, 5) is 40.4. The van der Waals surface area contributed by atoms with Gasteiger partial charge in [0.25, 0.3) is 0 Å². The molecule has 0 aliphatic carbocycles. The number of anilines is 2. The van der Waals surface area contributed by atoms with Gasteiger partial charge in [-0.05, 0) is 64.9 Å². The number of hydrogen-bond donors (Lipinski definition) is 1. The molecular formula is C29H22N2O3S. The third kappa shape index (κ3) is 4.74. The van der Waals surface area contributed by atoms with Gasteiger partial charge in [0.1, 0.15) is 0 Å². The van der Waals surface area contributed by atoms with Crippen LogP contribution in [0.15, 0.2) is 102 Å². The Bertz CT molecular complexity index is 1470. The molecule has 0 radical (unpaired) electrons. The first-order valence-electron chi connectivity index (χ1n) is 11.2. The molecule has 35 heavy (non-hydrogen) atoms. The first-order valence-corrected chi connectivity index (χ1v) is 12.1. The zero-order valence-electron chi connectivity index (χ0n) is 18.8.